The number of ether oxygens (including phenoxy) is 1. The molecule has 0 aromatic heterocycles. The zero-order valence-electron chi connectivity index (χ0n) is 15.7. The van der Waals surface area contributed by atoms with Crippen molar-refractivity contribution in [3.05, 3.63) is 71.8 Å². The SMILES string of the molecule is C/C=C/[C@H](c1ccc(OC)cc1)C(C)COS(=O)(=O)c1ccc(C)cc1. The molecule has 2 rings (SSSR count). The normalized spacial score (nSPS) is 14.3. The van der Waals surface area contributed by atoms with E-state index >= 15 is 0 Å². The summed E-state index contributed by atoms with van der Waals surface area (Å²) in [5.41, 5.74) is 2.10. The van der Waals surface area contributed by atoms with Crippen LogP contribution in [0.3, 0.4) is 0 Å². The van der Waals surface area contributed by atoms with Crippen molar-refractivity contribution in [1.82, 2.24) is 0 Å². The number of aryl methyl sites for hydroxylation is 1. The third kappa shape index (κ3) is 5.19. The number of allylic oxidation sites excluding steroid dienone is 2. The van der Waals surface area contributed by atoms with Crippen molar-refractivity contribution < 1.29 is 17.3 Å². The van der Waals surface area contributed by atoms with Crippen LogP contribution in [0.5, 0.6) is 5.75 Å². The topological polar surface area (TPSA) is 52.6 Å². The lowest BCUT2D eigenvalue weighted by atomic mass is 9.87. The fourth-order valence-electron chi connectivity index (χ4n) is 2.74. The molecule has 1 unspecified atom stereocenters. The first-order valence-electron chi connectivity index (χ1n) is 8.60. The minimum atomic E-state index is -3.76. The lowest BCUT2D eigenvalue weighted by molar-refractivity contribution is 0.254. The number of benzene rings is 2. The van der Waals surface area contributed by atoms with Crippen molar-refractivity contribution in [3.8, 4) is 5.75 Å². The summed E-state index contributed by atoms with van der Waals surface area (Å²) in [6.07, 6.45) is 4.04. The fraction of sp³-hybridized carbons (Fsp3) is 0.333. The first-order chi connectivity index (χ1) is 12.4. The molecule has 0 spiro atoms. The van der Waals surface area contributed by atoms with Gasteiger partial charge < -0.3 is 4.74 Å². The Bertz CT molecular complexity index is 821. The highest BCUT2D eigenvalue weighted by Gasteiger charge is 2.21. The highest BCUT2D eigenvalue weighted by molar-refractivity contribution is 7.86. The Morgan fingerprint density at radius 3 is 2.19 bits per heavy atom. The summed E-state index contributed by atoms with van der Waals surface area (Å²) in [7, 11) is -2.13. The second-order valence-electron chi connectivity index (χ2n) is 6.35. The summed E-state index contributed by atoms with van der Waals surface area (Å²) in [6, 6.07) is 14.5. The molecule has 2 aromatic rings. The van der Waals surface area contributed by atoms with Crippen LogP contribution < -0.4 is 4.74 Å². The minimum absolute atomic E-state index is 0.0141. The molecule has 0 fully saturated rings. The van der Waals surface area contributed by atoms with E-state index in [-0.39, 0.29) is 23.3 Å². The summed E-state index contributed by atoms with van der Waals surface area (Å²) in [5, 5.41) is 0. The molecule has 0 amide bonds. The maximum atomic E-state index is 12.4. The number of hydrogen-bond donors (Lipinski definition) is 0. The number of hydrogen-bond acceptors (Lipinski definition) is 4. The Kier molecular flexibility index (Phi) is 7.00. The molecule has 2 aromatic carbocycles. The van der Waals surface area contributed by atoms with Crippen LogP contribution in [0.25, 0.3) is 0 Å². The van der Waals surface area contributed by atoms with Crippen molar-refractivity contribution in [2.24, 2.45) is 5.92 Å². The van der Waals surface area contributed by atoms with Crippen LogP contribution in [0.1, 0.15) is 30.9 Å². The lowest BCUT2D eigenvalue weighted by Gasteiger charge is -2.21. The Morgan fingerprint density at radius 1 is 1.04 bits per heavy atom. The minimum Gasteiger partial charge on any atom is -0.497 e. The second kappa shape index (κ2) is 9.01. The van der Waals surface area contributed by atoms with Gasteiger partial charge in [-0.25, -0.2) is 0 Å². The van der Waals surface area contributed by atoms with Gasteiger partial charge in [0.1, 0.15) is 5.75 Å². The Morgan fingerprint density at radius 2 is 1.65 bits per heavy atom. The van der Waals surface area contributed by atoms with E-state index in [1.807, 2.05) is 51.1 Å². The average molecular weight is 375 g/mol. The van der Waals surface area contributed by atoms with Gasteiger partial charge in [0.05, 0.1) is 18.6 Å². The third-order valence-electron chi connectivity index (χ3n) is 4.31. The van der Waals surface area contributed by atoms with E-state index in [2.05, 4.69) is 6.08 Å². The standard InChI is InChI=1S/C21H26O4S/c1-5-6-21(18-9-11-19(24-4)12-10-18)17(3)15-25-26(22,23)20-13-7-16(2)8-14-20/h5-14,17,21H,15H2,1-4H3/b6-5+/t17?,21-/m0/s1. The van der Waals surface area contributed by atoms with Crippen molar-refractivity contribution in [2.45, 2.75) is 31.6 Å². The van der Waals surface area contributed by atoms with Crippen LogP contribution in [0, 0.1) is 12.8 Å². The van der Waals surface area contributed by atoms with E-state index < -0.39 is 10.1 Å². The molecule has 4 nitrogen and oxygen atoms in total. The van der Waals surface area contributed by atoms with Gasteiger partial charge in [-0.05, 0) is 49.6 Å². The van der Waals surface area contributed by atoms with E-state index in [0.717, 1.165) is 16.9 Å². The molecule has 5 heteroatoms. The average Bonchev–Trinajstić information content (AvgIpc) is 2.65. The van der Waals surface area contributed by atoms with Crippen LogP contribution in [0.2, 0.25) is 0 Å². The smallest absolute Gasteiger partial charge is 0.296 e. The van der Waals surface area contributed by atoms with Crippen LogP contribution >= 0.6 is 0 Å². The highest BCUT2D eigenvalue weighted by Crippen LogP contribution is 2.29. The van der Waals surface area contributed by atoms with E-state index in [0.29, 0.717) is 0 Å². The van der Waals surface area contributed by atoms with E-state index in [1.54, 1.807) is 31.4 Å². The highest BCUT2D eigenvalue weighted by atomic mass is 32.2. The molecule has 0 aliphatic carbocycles. The quantitative estimate of drug-likeness (QED) is 0.496. The molecule has 0 aliphatic rings. The summed E-state index contributed by atoms with van der Waals surface area (Å²) in [4.78, 5) is 0.183. The van der Waals surface area contributed by atoms with Gasteiger partial charge in [-0.3, -0.25) is 4.18 Å². The molecular weight excluding hydrogens is 348 g/mol. The van der Waals surface area contributed by atoms with Gasteiger partial charge in [0, 0.05) is 5.92 Å². The number of methoxy groups -OCH3 is 1. The molecule has 0 saturated heterocycles. The molecule has 0 bridgehead atoms. The van der Waals surface area contributed by atoms with Crippen LogP contribution in [-0.4, -0.2) is 22.1 Å². The van der Waals surface area contributed by atoms with Gasteiger partial charge in [0.15, 0.2) is 0 Å². The predicted octanol–water partition coefficient (Wildman–Crippen LogP) is 4.70. The first-order valence-corrected chi connectivity index (χ1v) is 10.0. The Labute approximate surface area is 156 Å². The van der Waals surface area contributed by atoms with Crippen molar-refractivity contribution in [1.29, 1.82) is 0 Å². The predicted molar refractivity (Wildman–Crippen MR) is 104 cm³/mol. The van der Waals surface area contributed by atoms with Gasteiger partial charge in [0.25, 0.3) is 10.1 Å². The lowest BCUT2D eigenvalue weighted by Crippen LogP contribution is -2.18. The molecule has 0 N–H and O–H groups in total. The Balaban J connectivity index is 2.11. The van der Waals surface area contributed by atoms with Crippen molar-refractivity contribution >= 4 is 10.1 Å². The van der Waals surface area contributed by atoms with E-state index in [9.17, 15) is 8.42 Å². The number of rotatable bonds is 8. The molecular formula is C21H26O4S. The molecule has 0 heterocycles. The van der Waals surface area contributed by atoms with Gasteiger partial charge in [-0.1, -0.05) is 48.9 Å². The molecule has 140 valence electrons. The molecule has 2 atom stereocenters. The molecule has 0 radical (unpaired) electrons. The zero-order chi connectivity index (χ0) is 19.2. The van der Waals surface area contributed by atoms with Gasteiger partial charge >= 0.3 is 0 Å². The summed E-state index contributed by atoms with van der Waals surface area (Å²) in [5.74, 6) is 0.831. The van der Waals surface area contributed by atoms with Gasteiger partial charge in [-0.15, -0.1) is 0 Å². The first kappa shape index (κ1) is 20.2. The molecule has 0 aliphatic heterocycles. The van der Waals surface area contributed by atoms with Crippen LogP contribution in [-0.2, 0) is 14.3 Å². The maximum Gasteiger partial charge on any atom is 0.296 e. The maximum absolute atomic E-state index is 12.4. The monoisotopic (exact) mass is 374 g/mol. The van der Waals surface area contributed by atoms with Gasteiger partial charge in [0.2, 0.25) is 0 Å². The van der Waals surface area contributed by atoms with E-state index in [1.165, 1.54) is 0 Å². The van der Waals surface area contributed by atoms with Crippen molar-refractivity contribution in [2.75, 3.05) is 13.7 Å². The summed E-state index contributed by atoms with van der Waals surface area (Å²) < 4.78 is 35.3. The molecule has 0 saturated carbocycles. The van der Waals surface area contributed by atoms with Crippen molar-refractivity contribution in [3.63, 3.8) is 0 Å². The van der Waals surface area contributed by atoms with Crippen LogP contribution in [0.4, 0.5) is 0 Å². The zero-order valence-corrected chi connectivity index (χ0v) is 16.5. The largest absolute Gasteiger partial charge is 0.497 e. The van der Waals surface area contributed by atoms with E-state index in [4.69, 9.17) is 8.92 Å². The van der Waals surface area contributed by atoms with Crippen LogP contribution in [0.15, 0.2) is 65.6 Å². The second-order valence-corrected chi connectivity index (χ2v) is 7.97. The third-order valence-corrected chi connectivity index (χ3v) is 5.61. The molecule has 26 heavy (non-hydrogen) atoms. The summed E-state index contributed by atoms with van der Waals surface area (Å²) in [6.45, 7) is 5.96. The Hall–Kier alpha value is -2.11. The van der Waals surface area contributed by atoms with Gasteiger partial charge in [-0.2, -0.15) is 8.42 Å². The fourth-order valence-corrected chi connectivity index (χ4v) is 3.74. The summed E-state index contributed by atoms with van der Waals surface area (Å²) >= 11 is 0.